The molecule has 3 rings (SSSR count). The van der Waals surface area contributed by atoms with Crippen LogP contribution in [-0.4, -0.2) is 45.2 Å². The maximum Gasteiger partial charge on any atom is 0.387 e. The van der Waals surface area contributed by atoms with Crippen molar-refractivity contribution in [2.75, 3.05) is 31.6 Å². The number of guanidine groups is 1. The van der Waals surface area contributed by atoms with Crippen LogP contribution in [-0.2, 0) is 17.9 Å². The molecule has 1 aliphatic heterocycles. The second kappa shape index (κ2) is 12.4. The maximum atomic E-state index is 12.6. The van der Waals surface area contributed by atoms with Gasteiger partial charge >= 0.3 is 6.61 Å². The third-order valence-electron chi connectivity index (χ3n) is 4.90. The second-order valence-corrected chi connectivity index (χ2v) is 7.21. The second-order valence-electron chi connectivity index (χ2n) is 7.21. The number of anilines is 1. The van der Waals surface area contributed by atoms with E-state index in [1.165, 1.54) is 0 Å². The highest BCUT2D eigenvalue weighted by Gasteiger charge is 2.16. The van der Waals surface area contributed by atoms with Crippen LogP contribution >= 0.6 is 24.0 Å². The molecular weight excluding hydrogens is 531 g/mol. The summed E-state index contributed by atoms with van der Waals surface area (Å²) in [5.74, 6) is 0.717. The van der Waals surface area contributed by atoms with Gasteiger partial charge in [-0.25, -0.2) is 0 Å². The van der Waals surface area contributed by atoms with Gasteiger partial charge in [0, 0.05) is 44.5 Å². The molecule has 0 bridgehead atoms. The van der Waals surface area contributed by atoms with Crippen molar-refractivity contribution in [2.45, 2.75) is 26.6 Å². The van der Waals surface area contributed by atoms with E-state index < -0.39 is 6.61 Å². The Labute approximate surface area is 203 Å². The summed E-state index contributed by atoms with van der Waals surface area (Å²) in [6.45, 7) is 1.65. The summed E-state index contributed by atoms with van der Waals surface area (Å²) in [4.78, 5) is 17.8. The number of nitrogens with one attached hydrogen (secondary N) is 3. The minimum Gasteiger partial charge on any atom is -0.434 e. The van der Waals surface area contributed by atoms with E-state index >= 15 is 0 Å². The number of aliphatic imine (C=N–C) groups is 1. The molecule has 1 aliphatic rings. The van der Waals surface area contributed by atoms with Crippen LogP contribution in [0.25, 0.3) is 0 Å². The molecular formula is C22H28F2IN5O2. The van der Waals surface area contributed by atoms with Gasteiger partial charge in [0.15, 0.2) is 5.96 Å². The van der Waals surface area contributed by atoms with Crippen LogP contribution in [0.3, 0.4) is 0 Å². The monoisotopic (exact) mass is 559 g/mol. The number of hydrogen-bond acceptors (Lipinski definition) is 4. The van der Waals surface area contributed by atoms with Gasteiger partial charge in [0.25, 0.3) is 0 Å². The van der Waals surface area contributed by atoms with E-state index in [-0.39, 0.29) is 35.6 Å². The predicted molar refractivity (Wildman–Crippen MR) is 132 cm³/mol. The Hall–Kier alpha value is -2.63. The average molecular weight is 559 g/mol. The minimum atomic E-state index is -2.87. The van der Waals surface area contributed by atoms with Crippen LogP contribution in [0, 0.1) is 6.92 Å². The molecule has 0 radical (unpaired) electrons. The molecule has 0 atom stereocenters. The lowest BCUT2D eigenvalue weighted by Crippen LogP contribution is -2.47. The summed E-state index contributed by atoms with van der Waals surface area (Å²) in [5.41, 5.74) is 3.63. The topological polar surface area (TPSA) is 78.0 Å². The summed E-state index contributed by atoms with van der Waals surface area (Å²) in [6, 6.07) is 13.1. The third-order valence-corrected chi connectivity index (χ3v) is 4.90. The Morgan fingerprint density at radius 2 is 1.91 bits per heavy atom. The molecule has 2 aromatic rings. The number of halogens is 3. The molecule has 1 saturated heterocycles. The number of benzene rings is 2. The lowest BCUT2D eigenvalue weighted by atomic mass is 10.1. The molecule has 0 aliphatic carbocycles. The summed E-state index contributed by atoms with van der Waals surface area (Å²) >= 11 is 0. The zero-order valence-corrected chi connectivity index (χ0v) is 20.4. The number of hydrogen-bond donors (Lipinski definition) is 3. The number of ether oxygens (including phenoxy) is 1. The molecule has 3 N–H and O–H groups in total. The lowest BCUT2D eigenvalue weighted by Gasteiger charge is -2.28. The third kappa shape index (κ3) is 7.50. The molecule has 1 fully saturated rings. The van der Waals surface area contributed by atoms with Crippen LogP contribution < -0.4 is 25.6 Å². The Balaban J connectivity index is 0.00000363. The Bertz CT molecular complexity index is 925. The number of carbonyl (C=O) groups excluding carboxylic acids is 1. The van der Waals surface area contributed by atoms with Crippen LogP contribution in [0.5, 0.6) is 5.75 Å². The van der Waals surface area contributed by atoms with Gasteiger partial charge < -0.3 is 25.6 Å². The zero-order valence-electron chi connectivity index (χ0n) is 18.0. The van der Waals surface area contributed by atoms with Crippen LogP contribution in [0.1, 0.15) is 16.7 Å². The van der Waals surface area contributed by atoms with Gasteiger partial charge in [0.1, 0.15) is 5.75 Å². The Morgan fingerprint density at radius 3 is 2.56 bits per heavy atom. The lowest BCUT2D eigenvalue weighted by molar-refractivity contribution is -0.120. The maximum absolute atomic E-state index is 12.6. The normalized spacial score (nSPS) is 14.0. The van der Waals surface area contributed by atoms with Crippen molar-refractivity contribution >= 4 is 41.5 Å². The van der Waals surface area contributed by atoms with Crippen LogP contribution in [0.15, 0.2) is 47.5 Å². The molecule has 0 spiro atoms. The average Bonchev–Trinajstić information content (AvgIpc) is 2.75. The molecule has 10 heteroatoms. The highest BCUT2D eigenvalue weighted by molar-refractivity contribution is 14.0. The molecule has 1 amide bonds. The molecule has 32 heavy (non-hydrogen) atoms. The first-order valence-corrected chi connectivity index (χ1v) is 10.0. The van der Waals surface area contributed by atoms with Crippen molar-refractivity contribution in [3.05, 3.63) is 59.2 Å². The van der Waals surface area contributed by atoms with Crippen LogP contribution in [0.4, 0.5) is 14.5 Å². The molecule has 1 heterocycles. The first-order valence-electron chi connectivity index (χ1n) is 10.0. The Kier molecular flexibility index (Phi) is 9.95. The number of piperazine rings is 1. The number of amides is 1. The highest BCUT2D eigenvalue weighted by atomic mass is 127. The van der Waals surface area contributed by atoms with E-state index in [2.05, 4.69) is 25.7 Å². The van der Waals surface area contributed by atoms with Gasteiger partial charge in [-0.15, -0.1) is 24.0 Å². The first-order chi connectivity index (χ1) is 14.9. The number of rotatable bonds is 7. The van der Waals surface area contributed by atoms with Crippen molar-refractivity contribution in [2.24, 2.45) is 4.99 Å². The fourth-order valence-corrected chi connectivity index (χ4v) is 3.33. The Morgan fingerprint density at radius 1 is 1.19 bits per heavy atom. The molecule has 174 valence electrons. The van der Waals surface area contributed by atoms with E-state index in [0.717, 1.165) is 23.4 Å². The number of carbonyl (C=O) groups is 1. The van der Waals surface area contributed by atoms with Crippen molar-refractivity contribution in [3.8, 4) is 5.75 Å². The van der Waals surface area contributed by atoms with Gasteiger partial charge in [0.05, 0.1) is 6.54 Å². The number of aryl methyl sites for hydroxylation is 1. The summed E-state index contributed by atoms with van der Waals surface area (Å²) < 4.78 is 29.9. The molecule has 0 aromatic heterocycles. The largest absolute Gasteiger partial charge is 0.434 e. The van der Waals surface area contributed by atoms with Crippen LogP contribution in [0.2, 0.25) is 0 Å². The highest BCUT2D eigenvalue weighted by Crippen LogP contribution is 2.22. The van der Waals surface area contributed by atoms with Gasteiger partial charge in [-0.2, -0.15) is 8.78 Å². The fourth-order valence-electron chi connectivity index (χ4n) is 3.33. The van der Waals surface area contributed by atoms with Crippen molar-refractivity contribution in [3.63, 3.8) is 0 Å². The molecule has 2 aromatic carbocycles. The fraction of sp³-hybridized carbons (Fsp3) is 0.364. The quantitative estimate of drug-likeness (QED) is 0.276. The molecule has 7 nitrogen and oxygen atoms in total. The van der Waals surface area contributed by atoms with E-state index in [9.17, 15) is 13.6 Å². The zero-order chi connectivity index (χ0) is 22.2. The van der Waals surface area contributed by atoms with E-state index in [1.54, 1.807) is 25.2 Å². The summed E-state index contributed by atoms with van der Waals surface area (Å²) in [7, 11) is 1.65. The summed E-state index contributed by atoms with van der Waals surface area (Å²) in [5, 5.41) is 9.15. The van der Waals surface area contributed by atoms with Gasteiger partial charge in [-0.05, 0) is 30.7 Å². The summed E-state index contributed by atoms with van der Waals surface area (Å²) in [6.07, 6.45) is 0. The van der Waals surface area contributed by atoms with Crippen molar-refractivity contribution < 1.29 is 18.3 Å². The smallest absolute Gasteiger partial charge is 0.387 e. The van der Waals surface area contributed by atoms with Gasteiger partial charge in [0.2, 0.25) is 5.91 Å². The first kappa shape index (κ1) is 25.6. The standard InChI is InChI=1S/C22H27F2N5O2.HI/c1-15-3-8-19(31-21(23)24)17(11-15)13-28-22(25-2)27-12-16-4-6-18(7-5-16)29-10-9-26-20(30)14-29;/h3-8,11,21H,9-10,12-14H2,1-2H3,(H,26,30)(H2,25,27,28);1H. The van der Waals surface area contributed by atoms with E-state index in [4.69, 9.17) is 0 Å². The number of nitrogens with zero attached hydrogens (tertiary/aromatic N) is 2. The SMILES string of the molecule is CN=C(NCc1ccc(N2CCNC(=O)C2)cc1)NCc1cc(C)ccc1OC(F)F.I. The predicted octanol–water partition coefficient (Wildman–Crippen LogP) is 3.02. The van der Waals surface area contributed by atoms with Crippen molar-refractivity contribution in [1.82, 2.24) is 16.0 Å². The van der Waals surface area contributed by atoms with Crippen molar-refractivity contribution in [1.29, 1.82) is 0 Å². The van der Waals surface area contributed by atoms with E-state index in [1.807, 2.05) is 36.1 Å². The van der Waals surface area contributed by atoms with E-state index in [0.29, 0.717) is 37.7 Å². The number of alkyl halides is 2. The van der Waals surface area contributed by atoms with Gasteiger partial charge in [-0.1, -0.05) is 29.8 Å². The van der Waals surface area contributed by atoms with Gasteiger partial charge in [-0.3, -0.25) is 9.79 Å². The molecule has 0 saturated carbocycles. The molecule has 0 unspecified atom stereocenters. The minimum absolute atomic E-state index is 0.